The van der Waals surface area contributed by atoms with E-state index in [1.807, 2.05) is 6.92 Å². The van der Waals surface area contributed by atoms with Crippen molar-refractivity contribution in [3.05, 3.63) is 11.8 Å². The maximum Gasteiger partial charge on any atom is 0.278 e. The summed E-state index contributed by atoms with van der Waals surface area (Å²) >= 11 is 0. The van der Waals surface area contributed by atoms with Gasteiger partial charge in [-0.2, -0.15) is 5.10 Å². The topological polar surface area (TPSA) is 52.0 Å². The molecule has 1 rings (SSSR count). The molecule has 0 N–H and O–H groups in total. The van der Waals surface area contributed by atoms with E-state index in [9.17, 15) is 8.42 Å². The summed E-state index contributed by atoms with van der Waals surface area (Å²) in [4.78, 5) is 0. The standard InChI is InChI=1S/C6H9ClN2O2S/c1-3-5-4-6(9(2)8-5)12(7,10)11/h4H,3H2,1-2H3. The van der Waals surface area contributed by atoms with Gasteiger partial charge in [-0.05, 0) is 12.5 Å². The Labute approximate surface area is 75.6 Å². The first-order valence-electron chi connectivity index (χ1n) is 3.42. The van der Waals surface area contributed by atoms with Gasteiger partial charge in [0.15, 0.2) is 5.03 Å². The van der Waals surface area contributed by atoms with Gasteiger partial charge in [-0.25, -0.2) is 8.42 Å². The zero-order chi connectivity index (χ0) is 9.35. The highest BCUT2D eigenvalue weighted by Crippen LogP contribution is 2.15. The van der Waals surface area contributed by atoms with Crippen molar-refractivity contribution in [1.82, 2.24) is 9.78 Å². The van der Waals surface area contributed by atoms with Gasteiger partial charge >= 0.3 is 0 Å². The van der Waals surface area contributed by atoms with Crippen molar-refractivity contribution in [3.8, 4) is 0 Å². The van der Waals surface area contributed by atoms with E-state index in [0.29, 0.717) is 6.42 Å². The normalized spacial score (nSPS) is 11.9. The fourth-order valence-electron chi connectivity index (χ4n) is 0.908. The lowest BCUT2D eigenvalue weighted by Gasteiger charge is -1.93. The third-order valence-corrected chi connectivity index (χ3v) is 2.86. The molecule has 0 aliphatic heterocycles. The van der Waals surface area contributed by atoms with Crippen LogP contribution in [0.1, 0.15) is 12.6 Å². The van der Waals surface area contributed by atoms with Crippen LogP contribution in [0, 0.1) is 0 Å². The Morgan fingerprint density at radius 1 is 1.67 bits per heavy atom. The monoisotopic (exact) mass is 208 g/mol. The number of aryl methyl sites for hydroxylation is 2. The molecule has 0 aliphatic rings. The molecule has 0 bridgehead atoms. The Balaban J connectivity index is 3.27. The van der Waals surface area contributed by atoms with Gasteiger partial charge in [0.2, 0.25) is 0 Å². The van der Waals surface area contributed by atoms with Gasteiger partial charge in [-0.1, -0.05) is 6.92 Å². The van der Waals surface area contributed by atoms with E-state index >= 15 is 0 Å². The van der Waals surface area contributed by atoms with Crippen LogP contribution in [-0.4, -0.2) is 18.2 Å². The SMILES string of the molecule is CCc1cc(S(=O)(=O)Cl)n(C)n1. The number of aromatic nitrogens is 2. The fraction of sp³-hybridized carbons (Fsp3) is 0.500. The van der Waals surface area contributed by atoms with Crippen LogP contribution in [0.2, 0.25) is 0 Å². The molecule has 0 atom stereocenters. The van der Waals surface area contributed by atoms with Gasteiger partial charge in [0.25, 0.3) is 9.05 Å². The zero-order valence-electron chi connectivity index (χ0n) is 6.78. The minimum Gasteiger partial charge on any atom is -0.256 e. The lowest BCUT2D eigenvalue weighted by molar-refractivity contribution is 0.589. The molecule has 6 heteroatoms. The highest BCUT2D eigenvalue weighted by atomic mass is 35.7. The number of halogens is 1. The number of hydrogen-bond acceptors (Lipinski definition) is 3. The molecule has 68 valence electrons. The second kappa shape index (κ2) is 3.06. The van der Waals surface area contributed by atoms with Gasteiger partial charge in [-0.3, -0.25) is 4.68 Å². The van der Waals surface area contributed by atoms with Crippen LogP contribution in [0.5, 0.6) is 0 Å². The van der Waals surface area contributed by atoms with E-state index in [1.165, 1.54) is 10.7 Å². The van der Waals surface area contributed by atoms with Crippen LogP contribution in [-0.2, 0) is 22.5 Å². The van der Waals surface area contributed by atoms with Gasteiger partial charge in [-0.15, -0.1) is 0 Å². The number of rotatable bonds is 2. The van der Waals surface area contributed by atoms with E-state index in [0.717, 1.165) is 5.69 Å². The van der Waals surface area contributed by atoms with Crippen LogP contribution in [0.3, 0.4) is 0 Å². The molecule has 0 unspecified atom stereocenters. The molecule has 0 saturated carbocycles. The lowest BCUT2D eigenvalue weighted by atomic mass is 10.3. The second-order valence-electron chi connectivity index (χ2n) is 2.39. The van der Waals surface area contributed by atoms with Crippen molar-refractivity contribution in [1.29, 1.82) is 0 Å². The molecule has 4 nitrogen and oxygen atoms in total. The summed E-state index contributed by atoms with van der Waals surface area (Å²) in [6, 6.07) is 1.47. The van der Waals surface area contributed by atoms with Gasteiger partial charge in [0, 0.05) is 17.7 Å². The molecule has 1 aromatic heterocycles. The van der Waals surface area contributed by atoms with Crippen molar-refractivity contribution in [2.24, 2.45) is 7.05 Å². The van der Waals surface area contributed by atoms with Crippen LogP contribution in [0.4, 0.5) is 0 Å². The smallest absolute Gasteiger partial charge is 0.256 e. The van der Waals surface area contributed by atoms with E-state index in [2.05, 4.69) is 5.10 Å². The maximum atomic E-state index is 10.9. The molecule has 12 heavy (non-hydrogen) atoms. The molecule has 0 radical (unpaired) electrons. The first kappa shape index (κ1) is 9.54. The van der Waals surface area contributed by atoms with Crippen molar-refractivity contribution < 1.29 is 8.42 Å². The van der Waals surface area contributed by atoms with Crippen LogP contribution < -0.4 is 0 Å². The van der Waals surface area contributed by atoms with E-state index in [1.54, 1.807) is 7.05 Å². The van der Waals surface area contributed by atoms with E-state index in [-0.39, 0.29) is 5.03 Å². The molecule has 1 heterocycles. The molecule has 0 amide bonds. The Hall–Kier alpha value is -0.550. The quantitative estimate of drug-likeness (QED) is 0.679. The fourth-order valence-corrected chi connectivity index (χ4v) is 1.97. The molecule has 0 saturated heterocycles. The van der Waals surface area contributed by atoms with Crippen molar-refractivity contribution in [2.75, 3.05) is 0 Å². The Morgan fingerprint density at radius 2 is 2.25 bits per heavy atom. The number of hydrogen-bond donors (Lipinski definition) is 0. The second-order valence-corrected chi connectivity index (χ2v) is 4.90. The molecular formula is C6H9ClN2O2S. The Bertz CT molecular complexity index is 382. The molecule has 1 aromatic rings. The Kier molecular flexibility index (Phi) is 2.44. The highest BCUT2D eigenvalue weighted by Gasteiger charge is 2.15. The Morgan fingerprint density at radius 3 is 2.50 bits per heavy atom. The largest absolute Gasteiger partial charge is 0.278 e. The number of nitrogens with zero attached hydrogens (tertiary/aromatic N) is 2. The zero-order valence-corrected chi connectivity index (χ0v) is 8.35. The summed E-state index contributed by atoms with van der Waals surface area (Å²) in [5, 5.41) is 3.99. The van der Waals surface area contributed by atoms with Crippen molar-refractivity contribution >= 4 is 19.7 Å². The molecule has 0 fully saturated rings. The average Bonchev–Trinajstić information content (AvgIpc) is 2.29. The average molecular weight is 209 g/mol. The summed E-state index contributed by atoms with van der Waals surface area (Å²) in [7, 11) is 3.05. The third-order valence-electron chi connectivity index (χ3n) is 1.50. The lowest BCUT2D eigenvalue weighted by Crippen LogP contribution is -2.00. The third kappa shape index (κ3) is 1.78. The van der Waals surface area contributed by atoms with Crippen molar-refractivity contribution in [3.63, 3.8) is 0 Å². The molecule has 0 spiro atoms. The van der Waals surface area contributed by atoms with Crippen LogP contribution in [0.15, 0.2) is 11.1 Å². The van der Waals surface area contributed by atoms with Gasteiger partial charge < -0.3 is 0 Å². The van der Waals surface area contributed by atoms with E-state index in [4.69, 9.17) is 10.7 Å². The predicted molar refractivity (Wildman–Crippen MR) is 45.6 cm³/mol. The minimum absolute atomic E-state index is 0.0426. The molecular weight excluding hydrogens is 200 g/mol. The summed E-state index contributed by atoms with van der Waals surface area (Å²) in [5.41, 5.74) is 0.719. The maximum absolute atomic E-state index is 10.9. The van der Waals surface area contributed by atoms with Crippen LogP contribution >= 0.6 is 10.7 Å². The summed E-state index contributed by atoms with van der Waals surface area (Å²) in [5.74, 6) is 0. The van der Waals surface area contributed by atoms with Crippen LogP contribution in [0.25, 0.3) is 0 Å². The van der Waals surface area contributed by atoms with Gasteiger partial charge in [0.1, 0.15) is 0 Å². The van der Waals surface area contributed by atoms with Crippen molar-refractivity contribution in [2.45, 2.75) is 18.4 Å². The minimum atomic E-state index is -3.65. The summed E-state index contributed by atoms with van der Waals surface area (Å²) in [6.45, 7) is 1.90. The highest BCUT2D eigenvalue weighted by molar-refractivity contribution is 8.13. The first-order valence-corrected chi connectivity index (χ1v) is 5.73. The summed E-state index contributed by atoms with van der Waals surface area (Å²) < 4.78 is 23.0. The summed E-state index contributed by atoms with van der Waals surface area (Å²) in [6.07, 6.45) is 0.695. The predicted octanol–water partition coefficient (Wildman–Crippen LogP) is 0.910. The van der Waals surface area contributed by atoms with E-state index < -0.39 is 9.05 Å². The molecule has 0 aromatic carbocycles. The molecule has 0 aliphatic carbocycles. The van der Waals surface area contributed by atoms with Gasteiger partial charge in [0.05, 0.1) is 5.69 Å². The first-order chi connectivity index (χ1) is 5.45.